The van der Waals surface area contributed by atoms with Gasteiger partial charge in [-0.25, -0.2) is 4.79 Å². The van der Waals surface area contributed by atoms with Crippen LogP contribution in [0.3, 0.4) is 0 Å². The van der Waals surface area contributed by atoms with E-state index < -0.39 is 0 Å². The van der Waals surface area contributed by atoms with Crippen LogP contribution in [0.25, 0.3) is 11.0 Å². The van der Waals surface area contributed by atoms with E-state index in [1.807, 2.05) is 12.1 Å². The molecule has 5 nitrogen and oxygen atoms in total. The number of ether oxygens (including phenoxy) is 1. The van der Waals surface area contributed by atoms with E-state index >= 15 is 0 Å². The molecule has 0 amide bonds. The minimum atomic E-state index is -0.331. The van der Waals surface area contributed by atoms with E-state index in [-0.39, 0.29) is 5.63 Å². The average molecular weight is 392 g/mol. The lowest BCUT2D eigenvalue weighted by Gasteiger charge is -2.31. The van der Waals surface area contributed by atoms with Gasteiger partial charge in [0.05, 0.1) is 7.11 Å². The van der Waals surface area contributed by atoms with Crippen molar-refractivity contribution >= 4 is 16.7 Å². The van der Waals surface area contributed by atoms with Gasteiger partial charge >= 0.3 is 5.63 Å². The zero-order valence-corrected chi connectivity index (χ0v) is 17.2. The van der Waals surface area contributed by atoms with Crippen molar-refractivity contribution in [3.63, 3.8) is 0 Å². The third-order valence-corrected chi connectivity index (χ3v) is 5.61. The summed E-state index contributed by atoms with van der Waals surface area (Å²) in [6.45, 7) is 3.76. The Labute approximate surface area is 171 Å². The molecule has 1 aliphatic rings. The summed E-state index contributed by atoms with van der Waals surface area (Å²) in [7, 11) is 3.70. The molecule has 0 spiro atoms. The first-order valence-corrected chi connectivity index (χ1v) is 10.3. The van der Waals surface area contributed by atoms with Gasteiger partial charge in [0.2, 0.25) is 0 Å². The van der Waals surface area contributed by atoms with Gasteiger partial charge in [-0.05, 0) is 55.6 Å². The quantitative estimate of drug-likeness (QED) is 0.581. The minimum absolute atomic E-state index is 0.331. The first-order valence-electron chi connectivity index (χ1n) is 10.3. The van der Waals surface area contributed by atoms with Crippen molar-refractivity contribution in [2.24, 2.45) is 0 Å². The highest BCUT2D eigenvalue weighted by Crippen LogP contribution is 2.27. The Morgan fingerprint density at radius 3 is 2.55 bits per heavy atom. The fourth-order valence-electron chi connectivity index (χ4n) is 4.19. The van der Waals surface area contributed by atoms with Crippen LogP contribution in [0.1, 0.15) is 30.4 Å². The Bertz CT molecular complexity index is 1040. The molecule has 0 saturated carbocycles. The number of hydrogen-bond acceptors (Lipinski definition) is 5. The largest absolute Gasteiger partial charge is 0.497 e. The Hall–Kier alpha value is -2.79. The van der Waals surface area contributed by atoms with Crippen LogP contribution in [0, 0.1) is 0 Å². The molecular formula is C24H28N2O3. The van der Waals surface area contributed by atoms with Crippen LogP contribution in [0.4, 0.5) is 5.69 Å². The standard InChI is InChI=1S/C24H28N2O3/c1-25(16-18-8-4-5-9-22(18)26-12-6-3-7-13-26)17-19-14-24(27)29-23-15-20(28-2)10-11-21(19)23/h4-5,8-11,14-15H,3,6-7,12-13,16-17H2,1-2H3. The molecule has 29 heavy (non-hydrogen) atoms. The van der Waals surface area contributed by atoms with Crippen LogP contribution in [0.5, 0.6) is 5.75 Å². The molecule has 0 unspecified atom stereocenters. The molecule has 0 radical (unpaired) electrons. The van der Waals surface area contributed by atoms with E-state index in [9.17, 15) is 4.79 Å². The summed E-state index contributed by atoms with van der Waals surface area (Å²) in [5.41, 5.74) is 3.86. The predicted molar refractivity (Wildman–Crippen MR) is 117 cm³/mol. The molecule has 1 fully saturated rings. The highest BCUT2D eigenvalue weighted by atomic mass is 16.5. The third-order valence-electron chi connectivity index (χ3n) is 5.61. The summed E-state index contributed by atoms with van der Waals surface area (Å²) in [6.07, 6.45) is 3.85. The lowest BCUT2D eigenvalue weighted by molar-refractivity contribution is 0.319. The molecular weight excluding hydrogens is 364 g/mol. The van der Waals surface area contributed by atoms with E-state index in [4.69, 9.17) is 9.15 Å². The summed E-state index contributed by atoms with van der Waals surface area (Å²) in [4.78, 5) is 16.8. The molecule has 1 aromatic heterocycles. The van der Waals surface area contributed by atoms with Crippen molar-refractivity contribution in [3.8, 4) is 5.75 Å². The SMILES string of the molecule is COc1ccc2c(CN(C)Cc3ccccc3N3CCCCC3)cc(=O)oc2c1. The van der Waals surface area contributed by atoms with Crippen LogP contribution in [-0.2, 0) is 13.1 Å². The molecule has 1 saturated heterocycles. The van der Waals surface area contributed by atoms with Crippen molar-refractivity contribution < 1.29 is 9.15 Å². The van der Waals surface area contributed by atoms with Crippen LogP contribution in [0.2, 0.25) is 0 Å². The van der Waals surface area contributed by atoms with Crippen molar-refractivity contribution in [3.05, 3.63) is 70.1 Å². The lowest BCUT2D eigenvalue weighted by Crippen LogP contribution is -2.31. The fourth-order valence-corrected chi connectivity index (χ4v) is 4.19. The third kappa shape index (κ3) is 4.46. The summed E-state index contributed by atoms with van der Waals surface area (Å²) >= 11 is 0. The van der Waals surface area contributed by atoms with Crippen LogP contribution in [0.15, 0.2) is 57.7 Å². The summed E-state index contributed by atoms with van der Waals surface area (Å²) in [5, 5.41) is 0.946. The van der Waals surface area contributed by atoms with Gasteiger partial charge in [-0.15, -0.1) is 0 Å². The van der Waals surface area contributed by atoms with Gasteiger partial charge in [-0.2, -0.15) is 0 Å². The molecule has 0 bridgehead atoms. The second kappa shape index (κ2) is 8.70. The predicted octanol–water partition coefficient (Wildman–Crippen LogP) is 4.42. The maximum absolute atomic E-state index is 12.1. The lowest BCUT2D eigenvalue weighted by atomic mass is 10.1. The number of methoxy groups -OCH3 is 1. The summed E-state index contributed by atoms with van der Waals surface area (Å²) < 4.78 is 10.6. The number of piperidine rings is 1. The second-order valence-corrected chi connectivity index (χ2v) is 7.80. The van der Waals surface area contributed by atoms with Gasteiger partial charge in [-0.3, -0.25) is 4.90 Å². The highest BCUT2D eigenvalue weighted by Gasteiger charge is 2.16. The Morgan fingerprint density at radius 2 is 1.76 bits per heavy atom. The zero-order valence-electron chi connectivity index (χ0n) is 17.2. The highest BCUT2D eigenvalue weighted by molar-refractivity contribution is 5.81. The Morgan fingerprint density at radius 1 is 1.00 bits per heavy atom. The number of nitrogens with zero attached hydrogens (tertiary/aromatic N) is 2. The first-order chi connectivity index (χ1) is 14.1. The van der Waals surface area contributed by atoms with Gasteiger partial charge in [0.15, 0.2) is 0 Å². The van der Waals surface area contributed by atoms with Gasteiger partial charge in [0, 0.05) is 49.4 Å². The maximum Gasteiger partial charge on any atom is 0.336 e. The van der Waals surface area contributed by atoms with E-state index in [0.29, 0.717) is 17.9 Å². The molecule has 3 aromatic rings. The van der Waals surface area contributed by atoms with Gasteiger partial charge in [0.25, 0.3) is 0 Å². The Kier molecular flexibility index (Phi) is 5.86. The van der Waals surface area contributed by atoms with E-state index in [1.165, 1.54) is 30.5 Å². The maximum atomic E-state index is 12.1. The number of fused-ring (bicyclic) bond motifs is 1. The molecule has 4 rings (SSSR count). The molecule has 2 aromatic carbocycles. The van der Waals surface area contributed by atoms with E-state index in [2.05, 4.69) is 41.1 Å². The van der Waals surface area contributed by atoms with Gasteiger partial charge < -0.3 is 14.1 Å². The number of para-hydroxylation sites is 1. The van der Waals surface area contributed by atoms with Crippen LogP contribution >= 0.6 is 0 Å². The average Bonchev–Trinajstić information content (AvgIpc) is 2.74. The van der Waals surface area contributed by atoms with Gasteiger partial charge in [-0.1, -0.05) is 18.2 Å². The second-order valence-electron chi connectivity index (χ2n) is 7.80. The number of rotatable bonds is 6. The first kappa shape index (κ1) is 19.5. The van der Waals surface area contributed by atoms with E-state index in [1.54, 1.807) is 19.2 Å². The molecule has 1 aliphatic heterocycles. The summed E-state index contributed by atoms with van der Waals surface area (Å²) in [5.74, 6) is 0.682. The monoisotopic (exact) mass is 392 g/mol. The van der Waals surface area contributed by atoms with Gasteiger partial charge in [0.1, 0.15) is 11.3 Å². The normalized spacial score (nSPS) is 14.5. The number of anilines is 1. The van der Waals surface area contributed by atoms with E-state index in [0.717, 1.165) is 30.6 Å². The van der Waals surface area contributed by atoms with Crippen molar-refractivity contribution in [1.29, 1.82) is 0 Å². The fraction of sp³-hybridized carbons (Fsp3) is 0.375. The van der Waals surface area contributed by atoms with Crippen LogP contribution in [-0.4, -0.2) is 32.1 Å². The number of benzene rings is 2. The molecule has 152 valence electrons. The van der Waals surface area contributed by atoms with Crippen molar-refractivity contribution in [1.82, 2.24) is 4.90 Å². The zero-order chi connectivity index (χ0) is 20.2. The topological polar surface area (TPSA) is 45.9 Å². The Balaban J connectivity index is 1.56. The minimum Gasteiger partial charge on any atom is -0.497 e. The number of hydrogen-bond donors (Lipinski definition) is 0. The van der Waals surface area contributed by atoms with Crippen molar-refractivity contribution in [2.45, 2.75) is 32.4 Å². The molecule has 5 heteroatoms. The molecule has 2 heterocycles. The molecule has 0 N–H and O–H groups in total. The molecule has 0 aliphatic carbocycles. The molecule has 0 atom stereocenters. The van der Waals surface area contributed by atoms with Crippen molar-refractivity contribution in [2.75, 3.05) is 32.1 Å². The van der Waals surface area contributed by atoms with Crippen LogP contribution < -0.4 is 15.3 Å². The summed E-state index contributed by atoms with van der Waals surface area (Å²) in [6, 6.07) is 15.9. The smallest absolute Gasteiger partial charge is 0.336 e.